The third-order valence-corrected chi connectivity index (χ3v) is 3.30. The van der Waals surface area contributed by atoms with E-state index >= 15 is 0 Å². The summed E-state index contributed by atoms with van der Waals surface area (Å²) in [5.74, 6) is 0.618. The molecule has 0 saturated heterocycles. The average Bonchev–Trinajstić information content (AvgIpc) is 2.77. The van der Waals surface area contributed by atoms with Crippen LogP contribution in [0, 0.1) is 0 Å². The first-order valence-corrected chi connectivity index (χ1v) is 6.12. The highest BCUT2D eigenvalue weighted by Crippen LogP contribution is 2.38. The quantitative estimate of drug-likeness (QED) is 0.598. The molecule has 3 rings (SSSR count). The zero-order valence-electron chi connectivity index (χ0n) is 12.0. The Morgan fingerprint density at radius 3 is 2.59 bits per heavy atom. The number of fused-ring (bicyclic) bond motifs is 1. The van der Waals surface area contributed by atoms with Gasteiger partial charge in [0.05, 0.1) is 4.90 Å². The Kier molecular flexibility index (Phi) is 1.93. The minimum absolute atomic E-state index is 0.618. The van der Waals surface area contributed by atoms with Crippen molar-refractivity contribution in [3.8, 4) is 11.3 Å². The number of hydrogen-bond donors (Lipinski definition) is 0. The van der Waals surface area contributed by atoms with Gasteiger partial charge in [0.15, 0.2) is 0 Å². The summed E-state index contributed by atoms with van der Waals surface area (Å²) in [6.07, 6.45) is -2.10. The number of para-hydroxylation sites is 1. The second kappa shape index (κ2) is 4.30. The van der Waals surface area contributed by atoms with Gasteiger partial charge >= 0.3 is 0 Å². The van der Waals surface area contributed by atoms with Crippen LogP contribution >= 0.6 is 11.8 Å². The van der Waals surface area contributed by atoms with Gasteiger partial charge in [0, 0.05) is 15.1 Å². The first kappa shape index (κ1) is 7.62. The predicted molar refractivity (Wildman–Crippen MR) is 73.4 cm³/mol. The van der Waals surface area contributed by atoms with Crippen molar-refractivity contribution in [2.75, 3.05) is 6.18 Å². The number of furan rings is 1. The van der Waals surface area contributed by atoms with E-state index in [9.17, 15) is 0 Å². The largest absolute Gasteiger partial charge is 0.455 e. The van der Waals surface area contributed by atoms with Crippen LogP contribution in [0.15, 0.2) is 63.9 Å². The van der Waals surface area contributed by atoms with Crippen LogP contribution in [0.25, 0.3) is 22.3 Å². The first-order valence-electron chi connectivity index (χ1n) is 6.80. The maximum Gasteiger partial charge on any atom is 0.148 e. The molecule has 84 valence electrons. The lowest BCUT2D eigenvalue weighted by molar-refractivity contribution is 0.625. The van der Waals surface area contributed by atoms with Crippen LogP contribution in [0.2, 0.25) is 0 Å². The Morgan fingerprint density at radius 2 is 1.76 bits per heavy atom. The molecule has 3 aromatic rings. The molecule has 0 unspecified atom stereocenters. The zero-order valence-corrected chi connectivity index (χ0v) is 9.83. The summed E-state index contributed by atoms with van der Waals surface area (Å²) in [4.78, 5) is 0.673. The van der Waals surface area contributed by atoms with E-state index in [4.69, 9.17) is 8.53 Å². The Morgan fingerprint density at radius 1 is 1.00 bits per heavy atom. The van der Waals surface area contributed by atoms with Gasteiger partial charge in [-0.05, 0) is 18.3 Å². The number of hydrogen-bond acceptors (Lipinski definition) is 2. The molecule has 0 fully saturated rings. The Balaban J connectivity index is 2.23. The fourth-order valence-corrected chi connectivity index (χ4v) is 2.43. The summed E-state index contributed by atoms with van der Waals surface area (Å²) < 4.78 is 28.4. The fraction of sp³-hybridized carbons (Fsp3) is 0.0667. The Labute approximate surface area is 109 Å². The second-order valence-electron chi connectivity index (χ2n) is 3.72. The molecule has 0 aliphatic rings. The Hall–Kier alpha value is -1.67. The van der Waals surface area contributed by atoms with Crippen molar-refractivity contribution in [1.82, 2.24) is 0 Å². The van der Waals surface area contributed by atoms with Crippen LogP contribution < -0.4 is 0 Å². The number of thioether (sulfide) groups is 1. The first-order chi connectivity index (χ1) is 9.54. The van der Waals surface area contributed by atoms with Gasteiger partial charge in [-0.25, -0.2) is 0 Å². The highest BCUT2D eigenvalue weighted by Gasteiger charge is 2.13. The van der Waals surface area contributed by atoms with Gasteiger partial charge in [0.1, 0.15) is 11.3 Å². The molecule has 2 heteroatoms. The fourth-order valence-electron chi connectivity index (χ4n) is 1.90. The van der Waals surface area contributed by atoms with Gasteiger partial charge in [-0.3, -0.25) is 0 Å². The number of benzene rings is 2. The van der Waals surface area contributed by atoms with E-state index in [2.05, 4.69) is 0 Å². The van der Waals surface area contributed by atoms with Crippen LogP contribution in [0.4, 0.5) is 0 Å². The van der Waals surface area contributed by atoms with Crippen LogP contribution in [0.1, 0.15) is 4.11 Å². The molecule has 1 nitrogen and oxygen atoms in total. The van der Waals surface area contributed by atoms with Crippen molar-refractivity contribution in [2.45, 2.75) is 4.90 Å². The molecular formula is C15H12OS. The molecule has 2 aromatic carbocycles. The van der Waals surface area contributed by atoms with Crippen molar-refractivity contribution in [1.29, 1.82) is 0 Å². The molecule has 0 N–H and O–H groups in total. The summed E-state index contributed by atoms with van der Waals surface area (Å²) in [7, 11) is 0. The van der Waals surface area contributed by atoms with Gasteiger partial charge in [-0.2, -0.15) is 0 Å². The lowest BCUT2D eigenvalue weighted by Crippen LogP contribution is -1.75. The van der Waals surface area contributed by atoms with Gasteiger partial charge in [-0.15, -0.1) is 11.8 Å². The molecule has 0 amide bonds. The SMILES string of the molecule is [2H]C([2H])([2H])Sc1c(-c2ccccc2)oc2ccccc12. The third-order valence-electron chi connectivity index (χ3n) is 2.69. The zero-order chi connectivity index (χ0) is 14.2. The maximum absolute atomic E-state index is 7.50. The predicted octanol–water partition coefficient (Wildman–Crippen LogP) is 4.82. The molecule has 0 aliphatic carbocycles. The molecule has 0 radical (unpaired) electrons. The van der Waals surface area contributed by atoms with Crippen LogP contribution in [0.3, 0.4) is 0 Å². The average molecular weight is 243 g/mol. The molecule has 17 heavy (non-hydrogen) atoms. The summed E-state index contributed by atoms with van der Waals surface area (Å²) in [5.41, 5.74) is 1.59. The minimum atomic E-state index is -2.10. The molecule has 1 heterocycles. The van der Waals surface area contributed by atoms with E-state index in [1.165, 1.54) is 0 Å². The van der Waals surface area contributed by atoms with Gasteiger partial charge < -0.3 is 4.42 Å². The monoisotopic (exact) mass is 243 g/mol. The van der Waals surface area contributed by atoms with Crippen LogP contribution in [0.5, 0.6) is 0 Å². The van der Waals surface area contributed by atoms with Crippen molar-refractivity contribution in [3.63, 3.8) is 0 Å². The molecule has 0 spiro atoms. The maximum atomic E-state index is 7.50. The standard InChI is InChI=1S/C15H12OS/c1-17-15-12-9-5-6-10-13(12)16-14(15)11-7-3-2-4-8-11/h2-10H,1H3/i1D3. The number of rotatable bonds is 2. The molecular weight excluding hydrogens is 228 g/mol. The van der Waals surface area contributed by atoms with E-state index in [0.717, 1.165) is 22.7 Å². The van der Waals surface area contributed by atoms with Gasteiger partial charge in [-0.1, -0.05) is 42.5 Å². The van der Waals surface area contributed by atoms with E-state index in [1.807, 2.05) is 54.6 Å². The van der Waals surface area contributed by atoms with E-state index in [0.29, 0.717) is 16.2 Å². The topological polar surface area (TPSA) is 13.1 Å². The van der Waals surface area contributed by atoms with Crippen molar-refractivity contribution in [3.05, 3.63) is 54.6 Å². The normalized spacial score (nSPS) is 14.2. The molecule has 0 saturated carbocycles. The summed E-state index contributed by atoms with van der Waals surface area (Å²) in [5, 5.41) is 0.840. The molecule has 1 aromatic heterocycles. The van der Waals surface area contributed by atoms with Crippen molar-refractivity contribution >= 4 is 22.7 Å². The lowest BCUT2D eigenvalue weighted by Gasteiger charge is -1.99. The van der Waals surface area contributed by atoms with Crippen molar-refractivity contribution < 1.29 is 8.53 Å². The Bertz CT molecular complexity index is 732. The lowest BCUT2D eigenvalue weighted by atomic mass is 10.1. The molecule has 0 bridgehead atoms. The third kappa shape index (κ3) is 1.75. The van der Waals surface area contributed by atoms with E-state index < -0.39 is 6.18 Å². The summed E-state index contributed by atoms with van der Waals surface area (Å²) >= 11 is 0.865. The minimum Gasteiger partial charge on any atom is -0.455 e. The van der Waals surface area contributed by atoms with Crippen LogP contribution in [-0.4, -0.2) is 6.18 Å². The van der Waals surface area contributed by atoms with Gasteiger partial charge in [0.2, 0.25) is 0 Å². The molecule has 0 aliphatic heterocycles. The van der Waals surface area contributed by atoms with Gasteiger partial charge in [0.25, 0.3) is 0 Å². The smallest absolute Gasteiger partial charge is 0.148 e. The van der Waals surface area contributed by atoms with E-state index in [1.54, 1.807) is 0 Å². The second-order valence-corrected chi connectivity index (χ2v) is 4.34. The summed E-state index contributed by atoms with van der Waals surface area (Å²) in [6, 6.07) is 17.1. The summed E-state index contributed by atoms with van der Waals surface area (Å²) in [6.45, 7) is 0. The molecule has 0 atom stereocenters. The van der Waals surface area contributed by atoms with Crippen molar-refractivity contribution in [2.24, 2.45) is 0 Å². The van der Waals surface area contributed by atoms with E-state index in [-0.39, 0.29) is 0 Å². The highest BCUT2D eigenvalue weighted by atomic mass is 32.2. The highest BCUT2D eigenvalue weighted by molar-refractivity contribution is 7.99. The van der Waals surface area contributed by atoms with Crippen LogP contribution in [-0.2, 0) is 0 Å².